The Kier molecular flexibility index (Phi) is 12.3. The minimum Gasteiger partial charge on any atom is -0.462 e. The van der Waals surface area contributed by atoms with E-state index in [2.05, 4.69) is 28.1 Å². The molecule has 0 aliphatic carbocycles. The number of rotatable bonds is 2. The van der Waals surface area contributed by atoms with Crippen LogP contribution < -0.4 is 0 Å². The molecular formula is C7H18NW-. The summed E-state index contributed by atoms with van der Waals surface area (Å²) in [7, 11) is 8.10. The normalized spacial score (nSPS) is 9.33. The Hall–Kier alpha value is 0.648. The standard InChI is InChI=1S/C6H15N.CH3.W/c1-5-6-7(2,3)4;;/h2,5-6H2,1,3-4H3;1H3;/q;-1;. The molecule has 2 heteroatoms. The van der Waals surface area contributed by atoms with E-state index >= 15 is 0 Å². The van der Waals surface area contributed by atoms with Gasteiger partial charge in [-0.1, -0.05) is 6.92 Å². The molecule has 0 aliphatic rings. The van der Waals surface area contributed by atoms with Crippen LogP contribution in [0.5, 0.6) is 0 Å². The van der Waals surface area contributed by atoms with Crippen molar-refractivity contribution >= 4 is 0 Å². The molecule has 0 N–H and O–H groups in total. The van der Waals surface area contributed by atoms with Gasteiger partial charge in [0.05, 0.1) is 6.54 Å². The summed E-state index contributed by atoms with van der Waals surface area (Å²) >= 11 is 0. The molecule has 0 radical (unpaired) electrons. The van der Waals surface area contributed by atoms with E-state index in [4.69, 9.17) is 0 Å². The summed E-state index contributed by atoms with van der Waals surface area (Å²) < 4.78 is 0.844. The molecule has 0 heterocycles. The van der Waals surface area contributed by atoms with E-state index in [1.54, 1.807) is 0 Å². The average Bonchev–Trinajstić information content (AvgIpc) is 1.30. The summed E-state index contributed by atoms with van der Waals surface area (Å²) in [6.07, 6.45) is 1.22. The second kappa shape index (κ2) is 6.76. The summed E-state index contributed by atoms with van der Waals surface area (Å²) in [4.78, 5) is 0. The van der Waals surface area contributed by atoms with Gasteiger partial charge < -0.3 is 11.9 Å². The molecule has 9 heavy (non-hydrogen) atoms. The summed E-state index contributed by atoms with van der Waals surface area (Å²) in [5.41, 5.74) is 0. The quantitative estimate of drug-likeness (QED) is 0.538. The third-order valence-electron chi connectivity index (χ3n) is 0.829. The topological polar surface area (TPSA) is 0 Å². The first-order valence-electron chi connectivity index (χ1n) is 2.73. The SMILES string of the molecule is [CH2-][N+](C)(C)CCC.[CH3-].[W]. The van der Waals surface area contributed by atoms with Crippen LogP contribution in [-0.2, 0) is 21.1 Å². The molecule has 0 aromatic heterocycles. The largest absolute Gasteiger partial charge is 0.462 e. The third kappa shape index (κ3) is 17.7. The Morgan fingerprint density at radius 2 is 1.67 bits per heavy atom. The van der Waals surface area contributed by atoms with Crippen molar-refractivity contribution in [2.45, 2.75) is 13.3 Å². The molecule has 0 aromatic rings. The minimum atomic E-state index is 0. The number of quaternary nitrogens is 1. The second-order valence-corrected chi connectivity index (χ2v) is 2.66. The average molecular weight is 300 g/mol. The molecule has 0 unspecified atom stereocenters. The Bertz CT molecular complexity index is 47.4. The molecule has 0 atom stereocenters. The third-order valence-corrected chi connectivity index (χ3v) is 0.829. The van der Waals surface area contributed by atoms with E-state index in [1.807, 2.05) is 0 Å². The maximum absolute atomic E-state index is 3.90. The van der Waals surface area contributed by atoms with Crippen molar-refractivity contribution in [1.82, 2.24) is 0 Å². The Morgan fingerprint density at radius 3 is 1.67 bits per heavy atom. The molecule has 0 fully saturated rings. The van der Waals surface area contributed by atoms with E-state index in [9.17, 15) is 0 Å². The fourth-order valence-electron chi connectivity index (χ4n) is 0.605. The van der Waals surface area contributed by atoms with Crippen molar-refractivity contribution < 1.29 is 25.5 Å². The molecule has 58 valence electrons. The van der Waals surface area contributed by atoms with Crippen LogP contribution in [0.4, 0.5) is 0 Å². The van der Waals surface area contributed by atoms with Crippen LogP contribution in [0.3, 0.4) is 0 Å². The minimum absolute atomic E-state index is 0. The Labute approximate surface area is 74.3 Å². The maximum atomic E-state index is 3.90. The van der Waals surface area contributed by atoms with E-state index in [0.29, 0.717) is 0 Å². The van der Waals surface area contributed by atoms with Gasteiger partial charge in [0, 0.05) is 35.2 Å². The molecule has 1 nitrogen and oxygen atoms in total. The zero-order valence-electron chi connectivity index (χ0n) is 6.98. The predicted molar refractivity (Wildman–Crippen MR) is 39.0 cm³/mol. The van der Waals surface area contributed by atoms with Crippen LogP contribution >= 0.6 is 0 Å². The van der Waals surface area contributed by atoms with Gasteiger partial charge in [0.2, 0.25) is 0 Å². The molecule has 0 saturated carbocycles. The first kappa shape index (κ1) is 16.3. The van der Waals surface area contributed by atoms with Gasteiger partial charge in [0.25, 0.3) is 0 Å². The molecule has 0 bridgehead atoms. The van der Waals surface area contributed by atoms with Crippen LogP contribution in [0.15, 0.2) is 0 Å². The zero-order valence-corrected chi connectivity index (χ0v) is 9.91. The summed E-state index contributed by atoms with van der Waals surface area (Å²) in [5, 5.41) is 0. The molecule has 0 spiro atoms. The van der Waals surface area contributed by atoms with Gasteiger partial charge in [-0.05, 0) is 6.42 Å². The van der Waals surface area contributed by atoms with E-state index < -0.39 is 0 Å². The maximum Gasteiger partial charge on any atom is 0.0538 e. The number of hydrogen-bond donors (Lipinski definition) is 0. The molecule has 0 aliphatic heterocycles. The van der Waals surface area contributed by atoms with Crippen molar-refractivity contribution in [2.75, 3.05) is 20.6 Å². The van der Waals surface area contributed by atoms with Crippen LogP contribution in [0.1, 0.15) is 13.3 Å². The van der Waals surface area contributed by atoms with Crippen LogP contribution in [0, 0.1) is 14.5 Å². The number of nitrogens with zero attached hydrogens (tertiary/aromatic N) is 1. The van der Waals surface area contributed by atoms with Crippen molar-refractivity contribution in [1.29, 1.82) is 0 Å². The first-order valence-corrected chi connectivity index (χ1v) is 2.73. The van der Waals surface area contributed by atoms with Gasteiger partial charge in [0.1, 0.15) is 0 Å². The second-order valence-electron chi connectivity index (χ2n) is 2.66. The van der Waals surface area contributed by atoms with Gasteiger partial charge in [-0.25, -0.2) is 0 Å². The fourth-order valence-corrected chi connectivity index (χ4v) is 0.605. The Balaban J connectivity index is -0.000000180. The molecule has 0 rings (SSSR count). The molecule has 0 saturated heterocycles. The van der Waals surface area contributed by atoms with Crippen molar-refractivity contribution in [3.8, 4) is 0 Å². The Morgan fingerprint density at radius 1 is 1.33 bits per heavy atom. The van der Waals surface area contributed by atoms with Crippen LogP contribution in [0.25, 0.3) is 0 Å². The summed E-state index contributed by atoms with van der Waals surface area (Å²) in [6.45, 7) is 3.34. The summed E-state index contributed by atoms with van der Waals surface area (Å²) in [5.74, 6) is 0. The van der Waals surface area contributed by atoms with Crippen molar-refractivity contribution in [2.24, 2.45) is 0 Å². The molecule has 0 aromatic carbocycles. The van der Waals surface area contributed by atoms with E-state index in [-0.39, 0.29) is 28.5 Å². The van der Waals surface area contributed by atoms with Crippen LogP contribution in [0.2, 0.25) is 0 Å². The predicted octanol–water partition coefficient (Wildman–Crippen LogP) is 1.71. The zero-order chi connectivity index (χ0) is 5.91. The van der Waals surface area contributed by atoms with E-state index in [1.165, 1.54) is 13.0 Å². The van der Waals surface area contributed by atoms with Gasteiger partial charge >= 0.3 is 0 Å². The summed E-state index contributed by atoms with van der Waals surface area (Å²) in [6, 6.07) is 0. The fraction of sp³-hybridized carbons (Fsp3) is 0.714. The van der Waals surface area contributed by atoms with Crippen molar-refractivity contribution in [3.05, 3.63) is 14.5 Å². The van der Waals surface area contributed by atoms with Gasteiger partial charge in [-0.2, -0.15) is 0 Å². The first-order chi connectivity index (χ1) is 3.06. The van der Waals surface area contributed by atoms with Crippen molar-refractivity contribution in [3.63, 3.8) is 0 Å². The molecule has 0 amide bonds. The molecular weight excluding hydrogens is 282 g/mol. The van der Waals surface area contributed by atoms with E-state index in [0.717, 1.165) is 4.48 Å². The smallest absolute Gasteiger partial charge is 0.0538 e. The van der Waals surface area contributed by atoms with Crippen LogP contribution in [-0.4, -0.2) is 25.1 Å². The van der Waals surface area contributed by atoms with Gasteiger partial charge in [0.15, 0.2) is 0 Å². The monoisotopic (exact) mass is 300 g/mol. The van der Waals surface area contributed by atoms with Gasteiger partial charge in [-0.15, -0.1) is 7.05 Å². The number of hydrogen-bond acceptors (Lipinski definition) is 0. The van der Waals surface area contributed by atoms with Gasteiger partial charge in [-0.3, -0.25) is 0 Å².